The summed E-state index contributed by atoms with van der Waals surface area (Å²) in [4.78, 5) is 13.1. The minimum absolute atomic E-state index is 0.109. The van der Waals surface area contributed by atoms with E-state index >= 15 is 0 Å². The second-order valence-electron chi connectivity index (χ2n) is 6.03. The topological polar surface area (TPSA) is 40.5 Å². The molecule has 1 aromatic carbocycles. The van der Waals surface area contributed by atoms with Gasteiger partial charge >= 0.3 is 5.97 Å². The number of carboxylic acids is 1. The number of piperidine rings is 1. The fourth-order valence-electron chi connectivity index (χ4n) is 3.12. The maximum Gasteiger partial charge on any atom is 0.307 e. The Kier molecular flexibility index (Phi) is 4.59. The lowest BCUT2D eigenvalue weighted by Crippen LogP contribution is -2.38. The van der Waals surface area contributed by atoms with Crippen LogP contribution >= 0.6 is 0 Å². The Balaban J connectivity index is 1.93. The van der Waals surface area contributed by atoms with E-state index in [4.69, 9.17) is 5.11 Å². The van der Waals surface area contributed by atoms with Crippen molar-refractivity contribution >= 4 is 5.97 Å². The van der Waals surface area contributed by atoms with Gasteiger partial charge in [0.25, 0.3) is 0 Å². The third-order valence-electron chi connectivity index (χ3n) is 3.73. The molecule has 3 heteroatoms. The second-order valence-corrected chi connectivity index (χ2v) is 6.03. The minimum atomic E-state index is -0.772. The average Bonchev–Trinajstić information content (AvgIpc) is 2.29. The van der Waals surface area contributed by atoms with E-state index in [1.807, 2.05) is 12.1 Å². The molecule has 0 aliphatic carbocycles. The smallest absolute Gasteiger partial charge is 0.307 e. The zero-order valence-electron chi connectivity index (χ0n) is 11.8. The average molecular weight is 261 g/mol. The van der Waals surface area contributed by atoms with E-state index in [1.165, 1.54) is 25.1 Å². The Morgan fingerprint density at radius 3 is 2.21 bits per heavy atom. The van der Waals surface area contributed by atoms with E-state index in [-0.39, 0.29) is 6.42 Å². The molecular weight excluding hydrogens is 238 g/mol. The minimum Gasteiger partial charge on any atom is -0.481 e. The fourth-order valence-corrected chi connectivity index (χ4v) is 3.12. The van der Waals surface area contributed by atoms with Gasteiger partial charge < -0.3 is 5.11 Å². The van der Waals surface area contributed by atoms with Crippen molar-refractivity contribution in [1.82, 2.24) is 4.90 Å². The van der Waals surface area contributed by atoms with Crippen molar-refractivity contribution in [1.29, 1.82) is 0 Å². The molecule has 1 aliphatic heterocycles. The molecule has 1 N–H and O–H groups in total. The molecule has 1 aromatic rings. The van der Waals surface area contributed by atoms with Crippen molar-refractivity contribution in [3.63, 3.8) is 0 Å². The standard InChI is InChI=1S/C16H23NO2/c1-12-7-13(2)10-17(9-12)11-15-5-3-14(4-6-15)8-16(18)19/h3-6,12-13H,7-11H2,1-2H3,(H,18,19). The van der Waals surface area contributed by atoms with Gasteiger partial charge in [0.2, 0.25) is 0 Å². The summed E-state index contributed by atoms with van der Waals surface area (Å²) in [6.45, 7) is 7.95. The fraction of sp³-hybridized carbons (Fsp3) is 0.562. The van der Waals surface area contributed by atoms with Crippen molar-refractivity contribution in [2.24, 2.45) is 11.8 Å². The van der Waals surface area contributed by atoms with Crippen molar-refractivity contribution in [3.05, 3.63) is 35.4 Å². The molecule has 0 saturated carbocycles. The second kappa shape index (κ2) is 6.20. The van der Waals surface area contributed by atoms with Gasteiger partial charge in [0, 0.05) is 19.6 Å². The maximum atomic E-state index is 10.6. The van der Waals surface area contributed by atoms with Gasteiger partial charge in [0.1, 0.15) is 0 Å². The third kappa shape index (κ3) is 4.35. The molecule has 1 heterocycles. The Morgan fingerprint density at radius 1 is 1.16 bits per heavy atom. The molecule has 2 rings (SSSR count). The molecule has 0 radical (unpaired) electrons. The van der Waals surface area contributed by atoms with Crippen molar-refractivity contribution in [2.45, 2.75) is 33.2 Å². The first kappa shape index (κ1) is 14.1. The summed E-state index contributed by atoms with van der Waals surface area (Å²) in [5.74, 6) is 0.775. The first-order chi connectivity index (χ1) is 9.02. The monoisotopic (exact) mass is 261 g/mol. The van der Waals surface area contributed by atoms with Crippen LogP contribution in [0.1, 0.15) is 31.4 Å². The van der Waals surface area contributed by atoms with Gasteiger partial charge in [-0.05, 0) is 29.4 Å². The summed E-state index contributed by atoms with van der Waals surface area (Å²) in [6.07, 6.45) is 1.44. The number of nitrogens with zero attached hydrogens (tertiary/aromatic N) is 1. The molecule has 19 heavy (non-hydrogen) atoms. The number of aliphatic carboxylic acids is 1. The molecular formula is C16H23NO2. The Morgan fingerprint density at radius 2 is 1.68 bits per heavy atom. The molecule has 0 aromatic heterocycles. The summed E-state index contributed by atoms with van der Waals surface area (Å²) in [6, 6.07) is 7.98. The number of hydrogen-bond acceptors (Lipinski definition) is 2. The SMILES string of the molecule is CC1CC(C)CN(Cc2ccc(CC(=O)O)cc2)C1. The van der Waals surface area contributed by atoms with Gasteiger partial charge in [0.15, 0.2) is 0 Å². The van der Waals surface area contributed by atoms with Crippen molar-refractivity contribution in [3.8, 4) is 0 Å². The molecule has 2 atom stereocenters. The maximum absolute atomic E-state index is 10.6. The largest absolute Gasteiger partial charge is 0.481 e. The molecule has 0 bridgehead atoms. The summed E-state index contributed by atoms with van der Waals surface area (Å²) < 4.78 is 0. The van der Waals surface area contributed by atoms with Gasteiger partial charge in [0.05, 0.1) is 6.42 Å². The number of carbonyl (C=O) groups is 1. The molecule has 0 spiro atoms. The number of hydrogen-bond donors (Lipinski definition) is 1. The van der Waals surface area contributed by atoms with Gasteiger partial charge in [-0.15, -0.1) is 0 Å². The number of likely N-dealkylation sites (tertiary alicyclic amines) is 1. The predicted molar refractivity (Wildman–Crippen MR) is 76.0 cm³/mol. The Hall–Kier alpha value is -1.35. The number of carboxylic acid groups (broad SMARTS) is 1. The van der Waals surface area contributed by atoms with Crippen molar-refractivity contribution in [2.75, 3.05) is 13.1 Å². The van der Waals surface area contributed by atoms with E-state index in [9.17, 15) is 4.79 Å². The molecule has 3 nitrogen and oxygen atoms in total. The summed E-state index contributed by atoms with van der Waals surface area (Å²) in [7, 11) is 0. The van der Waals surface area contributed by atoms with E-state index < -0.39 is 5.97 Å². The zero-order valence-corrected chi connectivity index (χ0v) is 11.8. The van der Waals surface area contributed by atoms with Crippen LogP contribution in [-0.4, -0.2) is 29.1 Å². The van der Waals surface area contributed by atoms with E-state index in [0.29, 0.717) is 0 Å². The molecule has 1 fully saturated rings. The van der Waals surface area contributed by atoms with Crippen LogP contribution in [0.5, 0.6) is 0 Å². The Labute approximate surface area is 115 Å². The van der Waals surface area contributed by atoms with Crippen molar-refractivity contribution < 1.29 is 9.90 Å². The highest BCUT2D eigenvalue weighted by atomic mass is 16.4. The van der Waals surface area contributed by atoms with E-state index in [1.54, 1.807) is 0 Å². The van der Waals surface area contributed by atoms with Crippen LogP contribution in [0.15, 0.2) is 24.3 Å². The molecule has 104 valence electrons. The first-order valence-corrected chi connectivity index (χ1v) is 7.05. The highest BCUT2D eigenvalue weighted by molar-refractivity contribution is 5.70. The van der Waals surface area contributed by atoms with E-state index in [0.717, 1.165) is 23.9 Å². The zero-order chi connectivity index (χ0) is 13.8. The summed E-state index contributed by atoms with van der Waals surface area (Å²) in [5, 5.41) is 8.75. The molecule has 1 aliphatic rings. The van der Waals surface area contributed by atoms with Crippen LogP contribution in [0, 0.1) is 11.8 Å². The van der Waals surface area contributed by atoms with Crippen LogP contribution in [0.25, 0.3) is 0 Å². The molecule has 2 unspecified atom stereocenters. The lowest BCUT2D eigenvalue weighted by molar-refractivity contribution is -0.136. The van der Waals surface area contributed by atoms with Gasteiger partial charge in [-0.2, -0.15) is 0 Å². The van der Waals surface area contributed by atoms with Crippen LogP contribution in [0.2, 0.25) is 0 Å². The van der Waals surface area contributed by atoms with Crippen LogP contribution in [-0.2, 0) is 17.8 Å². The quantitative estimate of drug-likeness (QED) is 0.906. The van der Waals surface area contributed by atoms with Crippen LogP contribution in [0.4, 0.5) is 0 Å². The van der Waals surface area contributed by atoms with Crippen LogP contribution in [0.3, 0.4) is 0 Å². The van der Waals surface area contributed by atoms with Gasteiger partial charge in [-0.3, -0.25) is 9.69 Å². The van der Waals surface area contributed by atoms with Gasteiger partial charge in [-0.1, -0.05) is 38.1 Å². The molecule has 0 amide bonds. The molecule has 1 saturated heterocycles. The van der Waals surface area contributed by atoms with Crippen LogP contribution < -0.4 is 0 Å². The predicted octanol–water partition coefficient (Wildman–Crippen LogP) is 2.79. The number of benzene rings is 1. The summed E-state index contributed by atoms with van der Waals surface area (Å²) in [5.41, 5.74) is 2.15. The Bertz CT molecular complexity index is 417. The number of rotatable bonds is 4. The highest BCUT2D eigenvalue weighted by Crippen LogP contribution is 2.22. The highest BCUT2D eigenvalue weighted by Gasteiger charge is 2.21. The third-order valence-corrected chi connectivity index (χ3v) is 3.73. The normalized spacial score (nSPS) is 24.3. The lowest BCUT2D eigenvalue weighted by Gasteiger charge is -2.35. The lowest BCUT2D eigenvalue weighted by atomic mass is 9.91. The summed E-state index contributed by atoms with van der Waals surface area (Å²) >= 11 is 0. The van der Waals surface area contributed by atoms with Gasteiger partial charge in [-0.25, -0.2) is 0 Å². The first-order valence-electron chi connectivity index (χ1n) is 7.05. The van der Waals surface area contributed by atoms with E-state index in [2.05, 4.69) is 30.9 Å².